The molecular weight excluding hydrogens is 292 g/mol. The maximum atomic E-state index is 9.76. The fraction of sp³-hybridized carbons (Fsp3) is 0.600. The van der Waals surface area contributed by atoms with Crippen molar-refractivity contribution in [2.45, 2.75) is 38.5 Å². The molecule has 3 heteroatoms. The summed E-state index contributed by atoms with van der Waals surface area (Å²) in [5, 5.41) is 19.5. The molecule has 0 aromatic heterocycles. The van der Waals surface area contributed by atoms with E-state index in [0.29, 0.717) is 5.92 Å². The Hall–Kier alpha value is -0.380. The maximum Gasteiger partial charge on any atom is 0.0550 e. The molecule has 0 spiro atoms. The van der Waals surface area contributed by atoms with Gasteiger partial charge in [0.2, 0.25) is 0 Å². The molecule has 0 amide bonds. The second-order valence-electron chi connectivity index (χ2n) is 5.20. The van der Waals surface area contributed by atoms with Crippen LogP contribution in [0.4, 0.5) is 0 Å². The lowest BCUT2D eigenvalue weighted by atomic mass is 9.74. The SMILES string of the molecule is CCCC(C)CC(CO)(CO)c1cccc(Br)c1. The van der Waals surface area contributed by atoms with Gasteiger partial charge in [0.1, 0.15) is 0 Å². The van der Waals surface area contributed by atoms with E-state index in [0.717, 1.165) is 29.3 Å². The van der Waals surface area contributed by atoms with E-state index in [1.165, 1.54) is 0 Å². The number of hydrogen-bond donors (Lipinski definition) is 2. The maximum absolute atomic E-state index is 9.76. The van der Waals surface area contributed by atoms with Gasteiger partial charge in [-0.2, -0.15) is 0 Å². The molecule has 0 fully saturated rings. The Bertz CT molecular complexity index is 361. The summed E-state index contributed by atoms with van der Waals surface area (Å²) in [5.74, 6) is 0.494. The Kier molecular flexibility index (Phi) is 6.33. The van der Waals surface area contributed by atoms with Crippen LogP contribution in [-0.4, -0.2) is 23.4 Å². The Morgan fingerprint density at radius 1 is 1.28 bits per heavy atom. The highest BCUT2D eigenvalue weighted by atomic mass is 79.9. The molecule has 1 aromatic carbocycles. The molecule has 2 N–H and O–H groups in total. The molecule has 0 radical (unpaired) electrons. The third-order valence-corrected chi connectivity index (χ3v) is 4.06. The first kappa shape index (κ1) is 15.7. The van der Waals surface area contributed by atoms with Gasteiger partial charge in [-0.3, -0.25) is 0 Å². The third kappa shape index (κ3) is 3.81. The predicted molar refractivity (Wildman–Crippen MR) is 78.7 cm³/mol. The van der Waals surface area contributed by atoms with E-state index >= 15 is 0 Å². The molecule has 1 aromatic rings. The standard InChI is InChI=1S/C15H23BrO2/c1-3-5-12(2)9-15(10-17,11-18)13-6-4-7-14(16)8-13/h4,6-8,12,17-18H,3,5,9-11H2,1-2H3. The smallest absolute Gasteiger partial charge is 0.0550 e. The lowest BCUT2D eigenvalue weighted by Gasteiger charge is -2.33. The minimum atomic E-state index is -0.529. The van der Waals surface area contributed by atoms with Crippen LogP contribution in [0.2, 0.25) is 0 Å². The molecule has 1 unspecified atom stereocenters. The summed E-state index contributed by atoms with van der Waals surface area (Å²) in [4.78, 5) is 0. The molecular formula is C15H23BrO2. The Labute approximate surface area is 118 Å². The zero-order valence-electron chi connectivity index (χ0n) is 11.2. The summed E-state index contributed by atoms with van der Waals surface area (Å²) < 4.78 is 0.981. The molecule has 0 saturated heterocycles. The Morgan fingerprint density at radius 2 is 1.94 bits per heavy atom. The highest BCUT2D eigenvalue weighted by Crippen LogP contribution is 2.33. The van der Waals surface area contributed by atoms with E-state index in [1.807, 2.05) is 24.3 Å². The van der Waals surface area contributed by atoms with E-state index in [-0.39, 0.29) is 13.2 Å². The van der Waals surface area contributed by atoms with E-state index in [2.05, 4.69) is 29.8 Å². The van der Waals surface area contributed by atoms with Crippen LogP contribution < -0.4 is 0 Å². The molecule has 0 bridgehead atoms. The van der Waals surface area contributed by atoms with Crippen LogP contribution in [0.1, 0.15) is 38.7 Å². The van der Waals surface area contributed by atoms with Gasteiger partial charge in [0, 0.05) is 9.89 Å². The van der Waals surface area contributed by atoms with Crippen molar-refractivity contribution >= 4 is 15.9 Å². The highest BCUT2D eigenvalue weighted by Gasteiger charge is 2.32. The van der Waals surface area contributed by atoms with Gasteiger partial charge < -0.3 is 10.2 Å². The van der Waals surface area contributed by atoms with Gasteiger partial charge in [-0.15, -0.1) is 0 Å². The average Bonchev–Trinajstić information content (AvgIpc) is 2.36. The lowest BCUT2D eigenvalue weighted by molar-refractivity contribution is 0.0956. The van der Waals surface area contributed by atoms with Crippen molar-refractivity contribution in [3.63, 3.8) is 0 Å². The van der Waals surface area contributed by atoms with Crippen molar-refractivity contribution in [2.75, 3.05) is 13.2 Å². The van der Waals surface area contributed by atoms with E-state index in [1.54, 1.807) is 0 Å². The summed E-state index contributed by atoms with van der Waals surface area (Å²) >= 11 is 3.45. The molecule has 0 aliphatic heterocycles. The molecule has 2 nitrogen and oxygen atoms in total. The van der Waals surface area contributed by atoms with Gasteiger partial charge >= 0.3 is 0 Å². The monoisotopic (exact) mass is 314 g/mol. The molecule has 1 rings (SSSR count). The quantitative estimate of drug-likeness (QED) is 0.808. The average molecular weight is 315 g/mol. The van der Waals surface area contributed by atoms with Crippen LogP contribution in [-0.2, 0) is 5.41 Å². The van der Waals surface area contributed by atoms with E-state index in [4.69, 9.17) is 0 Å². The van der Waals surface area contributed by atoms with Gasteiger partial charge in [-0.05, 0) is 30.0 Å². The number of aliphatic hydroxyl groups is 2. The highest BCUT2D eigenvalue weighted by molar-refractivity contribution is 9.10. The molecule has 0 aliphatic carbocycles. The van der Waals surface area contributed by atoms with Crippen LogP contribution >= 0.6 is 15.9 Å². The van der Waals surface area contributed by atoms with Crippen molar-refractivity contribution in [3.8, 4) is 0 Å². The summed E-state index contributed by atoms with van der Waals surface area (Å²) in [6.07, 6.45) is 3.06. The normalized spacial score (nSPS) is 13.6. The molecule has 0 aliphatic rings. The fourth-order valence-corrected chi connectivity index (χ4v) is 2.96. The van der Waals surface area contributed by atoms with Crippen LogP contribution in [0.5, 0.6) is 0 Å². The predicted octanol–water partition coefficient (Wildman–Crippen LogP) is 3.50. The minimum Gasteiger partial charge on any atom is -0.395 e. The van der Waals surface area contributed by atoms with Crippen LogP contribution in [0.25, 0.3) is 0 Å². The minimum absolute atomic E-state index is 0.0198. The Morgan fingerprint density at radius 3 is 2.44 bits per heavy atom. The number of halogens is 1. The van der Waals surface area contributed by atoms with Crippen molar-refractivity contribution in [2.24, 2.45) is 5.92 Å². The second-order valence-corrected chi connectivity index (χ2v) is 6.12. The van der Waals surface area contributed by atoms with Crippen LogP contribution in [0, 0.1) is 5.92 Å². The van der Waals surface area contributed by atoms with Gasteiger partial charge in [0.05, 0.1) is 13.2 Å². The third-order valence-electron chi connectivity index (χ3n) is 3.56. The van der Waals surface area contributed by atoms with Crippen molar-refractivity contribution in [1.29, 1.82) is 0 Å². The van der Waals surface area contributed by atoms with E-state index in [9.17, 15) is 10.2 Å². The van der Waals surface area contributed by atoms with Crippen LogP contribution in [0.15, 0.2) is 28.7 Å². The number of hydrogen-bond acceptors (Lipinski definition) is 2. The van der Waals surface area contributed by atoms with Crippen LogP contribution in [0.3, 0.4) is 0 Å². The molecule has 1 atom stereocenters. The first-order valence-electron chi connectivity index (χ1n) is 6.55. The summed E-state index contributed by atoms with van der Waals surface area (Å²) in [7, 11) is 0. The van der Waals surface area contributed by atoms with Crippen molar-refractivity contribution in [3.05, 3.63) is 34.3 Å². The summed E-state index contributed by atoms with van der Waals surface area (Å²) in [6, 6.07) is 7.88. The topological polar surface area (TPSA) is 40.5 Å². The summed E-state index contributed by atoms with van der Waals surface area (Å²) in [5.41, 5.74) is 0.475. The molecule has 18 heavy (non-hydrogen) atoms. The molecule has 0 saturated carbocycles. The first-order chi connectivity index (χ1) is 8.57. The number of benzene rings is 1. The second kappa shape index (κ2) is 7.27. The largest absolute Gasteiger partial charge is 0.395 e. The molecule has 0 heterocycles. The zero-order valence-corrected chi connectivity index (χ0v) is 12.8. The zero-order chi connectivity index (χ0) is 13.6. The summed E-state index contributed by atoms with van der Waals surface area (Å²) in [6.45, 7) is 4.30. The van der Waals surface area contributed by atoms with Gasteiger partial charge in [-0.1, -0.05) is 54.8 Å². The van der Waals surface area contributed by atoms with Gasteiger partial charge in [0.15, 0.2) is 0 Å². The Balaban J connectivity index is 2.99. The van der Waals surface area contributed by atoms with Gasteiger partial charge in [0.25, 0.3) is 0 Å². The lowest BCUT2D eigenvalue weighted by Crippen LogP contribution is -2.36. The fourth-order valence-electron chi connectivity index (χ4n) is 2.56. The van der Waals surface area contributed by atoms with E-state index < -0.39 is 5.41 Å². The number of aliphatic hydroxyl groups excluding tert-OH is 2. The molecule has 102 valence electrons. The van der Waals surface area contributed by atoms with Gasteiger partial charge in [-0.25, -0.2) is 0 Å². The van der Waals surface area contributed by atoms with Crippen molar-refractivity contribution in [1.82, 2.24) is 0 Å². The van der Waals surface area contributed by atoms with Crippen molar-refractivity contribution < 1.29 is 10.2 Å². The first-order valence-corrected chi connectivity index (χ1v) is 7.35. The number of rotatable bonds is 7.